The molecule has 0 aliphatic carbocycles. The van der Waals surface area contributed by atoms with Gasteiger partial charge >= 0.3 is 8.80 Å². The highest BCUT2D eigenvalue weighted by molar-refractivity contribution is 6.56. The first-order chi connectivity index (χ1) is 10.6. The summed E-state index contributed by atoms with van der Waals surface area (Å²) in [4.78, 5) is 29.3. The highest BCUT2D eigenvalue weighted by atomic mass is 35.5. The Kier molecular flexibility index (Phi) is 15.4. The van der Waals surface area contributed by atoms with Crippen LogP contribution in [0.3, 0.4) is 0 Å². The van der Waals surface area contributed by atoms with E-state index < -0.39 is 21.0 Å². The lowest BCUT2D eigenvalue weighted by Gasteiger charge is -2.33. The van der Waals surface area contributed by atoms with Crippen LogP contribution < -0.4 is 24.8 Å². The van der Waals surface area contributed by atoms with E-state index in [0.717, 1.165) is 0 Å². The second-order valence-electron chi connectivity index (χ2n) is 8.89. The number of rotatable bonds is 12. The number of likely N-dealkylation sites (N-methyl/N-ethyl adjacent to an activating group) is 2. The molecule has 0 amide bonds. The molecule has 0 spiro atoms. The first kappa shape index (κ1) is 31.2. The molecule has 0 aliphatic heterocycles. The second kappa shape index (κ2) is 12.8. The molecule has 2 atom stereocenters. The summed E-state index contributed by atoms with van der Waals surface area (Å²) >= 11 is 0. The van der Waals surface area contributed by atoms with Gasteiger partial charge < -0.3 is 58.4 Å². The van der Waals surface area contributed by atoms with E-state index in [1.807, 2.05) is 47.2 Å². The summed E-state index contributed by atoms with van der Waals surface area (Å²) in [5, 5.41) is 20.6. The van der Waals surface area contributed by atoms with E-state index in [-0.39, 0.29) is 30.9 Å². The van der Waals surface area contributed by atoms with E-state index in [9.17, 15) is 10.2 Å². The molecule has 5 N–H and O–H groups in total. The minimum absolute atomic E-state index is 0. The van der Waals surface area contributed by atoms with Gasteiger partial charge in [-0.3, -0.25) is 4.90 Å². The summed E-state index contributed by atoms with van der Waals surface area (Å²) in [6, 6.07) is -0.0413. The maximum atomic E-state index is 10.3. The van der Waals surface area contributed by atoms with Gasteiger partial charge in [0.15, 0.2) is 0 Å². The molecule has 8 nitrogen and oxygen atoms in total. The van der Waals surface area contributed by atoms with Crippen molar-refractivity contribution in [1.29, 1.82) is 0 Å². The van der Waals surface area contributed by atoms with Gasteiger partial charge in [-0.25, -0.2) is 0 Å². The summed E-state index contributed by atoms with van der Waals surface area (Å²) in [6.07, 6.45) is -0.675. The predicted octanol–water partition coefficient (Wildman–Crippen LogP) is -8.26. The van der Waals surface area contributed by atoms with Crippen LogP contribution in [0.2, 0.25) is 6.04 Å². The number of halogens is 2. The maximum Gasteiger partial charge on any atom is 0.492 e. The monoisotopic (exact) mass is 439 g/mol. The fourth-order valence-corrected chi connectivity index (χ4v) is 3.41. The highest BCUT2D eigenvalue weighted by Crippen LogP contribution is 2.07. The molecule has 2 unspecified atom stereocenters. The number of quaternary nitrogens is 2. The average molecular weight is 440 g/mol. The fourth-order valence-electron chi connectivity index (χ4n) is 2.77. The van der Waals surface area contributed by atoms with E-state index in [4.69, 9.17) is 14.4 Å². The summed E-state index contributed by atoms with van der Waals surface area (Å²) in [5.41, 5.74) is 0. The van der Waals surface area contributed by atoms with Crippen molar-refractivity contribution in [3.8, 4) is 0 Å². The summed E-state index contributed by atoms with van der Waals surface area (Å²) in [6.45, 7) is 2.46. The Balaban J connectivity index is -0.00000264. The molecule has 0 aromatic carbocycles. The van der Waals surface area contributed by atoms with Crippen LogP contribution in [0.5, 0.6) is 0 Å². The average Bonchev–Trinajstić information content (AvgIpc) is 2.20. The second-order valence-corrected chi connectivity index (χ2v) is 10.9. The highest BCUT2D eigenvalue weighted by Gasteiger charge is 2.27. The molecular weight excluding hydrogens is 401 g/mol. The first-order valence-corrected chi connectivity index (χ1v) is 10.5. The van der Waals surface area contributed by atoms with Gasteiger partial charge in [-0.15, -0.1) is 0 Å². The van der Waals surface area contributed by atoms with Crippen LogP contribution in [0.1, 0.15) is 6.42 Å². The molecule has 162 valence electrons. The van der Waals surface area contributed by atoms with Gasteiger partial charge in [-0.2, -0.15) is 0 Å². The number of aliphatic hydroxyl groups excluding tert-OH is 2. The number of hydrogen-bond acceptors (Lipinski definition) is 6. The Morgan fingerprint density at radius 3 is 1.38 bits per heavy atom. The van der Waals surface area contributed by atoms with Crippen LogP contribution in [0, 0.1) is 0 Å². The molecular formula is C15H39Cl2N3O5Si. The largest absolute Gasteiger partial charge is 1.00 e. The number of nitrogens with zero attached hydrogens (tertiary/aromatic N) is 3. The summed E-state index contributed by atoms with van der Waals surface area (Å²) < 4.78 is 1.27. The lowest BCUT2D eigenvalue weighted by atomic mass is 10.2. The lowest BCUT2D eigenvalue weighted by Crippen LogP contribution is -3.00. The zero-order chi connectivity index (χ0) is 19.2. The third-order valence-electron chi connectivity index (χ3n) is 3.44. The number of hydrogen-bond donors (Lipinski definition) is 5. The SMILES string of the molecule is C[N+](C)(C)CC(O)CN(CCC[Si](O)(O)O)CC(O)C[N+](C)(C)C.[Cl-].[Cl-]. The predicted molar refractivity (Wildman–Crippen MR) is 96.1 cm³/mol. The van der Waals surface area contributed by atoms with E-state index in [1.54, 1.807) is 0 Å². The molecule has 0 saturated heterocycles. The van der Waals surface area contributed by atoms with Crippen molar-refractivity contribution in [2.75, 3.05) is 75.0 Å². The van der Waals surface area contributed by atoms with E-state index in [2.05, 4.69) is 0 Å². The smallest absolute Gasteiger partial charge is 0.492 e. The van der Waals surface area contributed by atoms with Crippen molar-refractivity contribution in [3.05, 3.63) is 0 Å². The van der Waals surface area contributed by atoms with Crippen LogP contribution in [-0.2, 0) is 0 Å². The molecule has 0 rings (SSSR count). The Labute approximate surface area is 172 Å². The van der Waals surface area contributed by atoms with Gasteiger partial charge in [-0.1, -0.05) is 0 Å². The van der Waals surface area contributed by atoms with Gasteiger partial charge in [0.1, 0.15) is 25.3 Å². The van der Waals surface area contributed by atoms with Crippen molar-refractivity contribution >= 4 is 8.80 Å². The molecule has 0 bridgehead atoms. The third kappa shape index (κ3) is 20.8. The fraction of sp³-hybridized carbons (Fsp3) is 1.00. The van der Waals surface area contributed by atoms with Gasteiger partial charge in [0.05, 0.1) is 42.3 Å². The molecule has 0 heterocycles. The number of aliphatic hydroxyl groups is 2. The van der Waals surface area contributed by atoms with Crippen LogP contribution in [0.25, 0.3) is 0 Å². The van der Waals surface area contributed by atoms with Gasteiger partial charge in [0, 0.05) is 19.1 Å². The Morgan fingerprint density at radius 1 is 0.769 bits per heavy atom. The first-order valence-electron chi connectivity index (χ1n) is 8.44. The van der Waals surface area contributed by atoms with Crippen molar-refractivity contribution in [2.24, 2.45) is 0 Å². The van der Waals surface area contributed by atoms with Gasteiger partial charge in [0.25, 0.3) is 0 Å². The van der Waals surface area contributed by atoms with Crippen molar-refractivity contribution in [3.63, 3.8) is 0 Å². The summed E-state index contributed by atoms with van der Waals surface area (Å²) in [7, 11) is 7.98. The van der Waals surface area contributed by atoms with E-state index in [0.29, 0.717) is 48.1 Å². The van der Waals surface area contributed by atoms with Gasteiger partial charge in [0.2, 0.25) is 0 Å². The minimum Gasteiger partial charge on any atom is -1.00 e. The summed E-state index contributed by atoms with van der Waals surface area (Å²) in [5.74, 6) is 0. The molecule has 0 aromatic heterocycles. The molecule has 0 radical (unpaired) electrons. The zero-order valence-electron chi connectivity index (χ0n) is 16.9. The molecule has 11 heteroatoms. The molecule has 0 fully saturated rings. The van der Waals surface area contributed by atoms with E-state index in [1.165, 1.54) is 0 Å². The molecule has 0 aromatic rings. The third-order valence-corrected chi connectivity index (χ3v) is 4.47. The van der Waals surface area contributed by atoms with Crippen LogP contribution in [0.4, 0.5) is 0 Å². The lowest BCUT2D eigenvalue weighted by molar-refractivity contribution is -0.873. The Hall–Kier alpha value is 0.477. The van der Waals surface area contributed by atoms with Crippen molar-refractivity contribution in [2.45, 2.75) is 24.7 Å². The molecule has 0 saturated carbocycles. The molecule has 26 heavy (non-hydrogen) atoms. The standard InChI is InChI=1S/C15H39N3O5Si.2ClH/c1-17(2,3)12-14(19)10-16(8-7-9-24(21,22)23)11-15(20)13-18(4,5)6;;/h14-15,19-23H,7-13H2,1-6H3;2*1H/q+2;;/p-2. The zero-order valence-corrected chi connectivity index (χ0v) is 19.4. The Morgan fingerprint density at radius 2 is 1.12 bits per heavy atom. The van der Waals surface area contributed by atoms with Gasteiger partial charge in [-0.05, 0) is 13.0 Å². The van der Waals surface area contributed by atoms with E-state index >= 15 is 0 Å². The van der Waals surface area contributed by atoms with Crippen molar-refractivity contribution in [1.82, 2.24) is 4.90 Å². The minimum atomic E-state index is -4.04. The Bertz CT molecular complexity index is 339. The quantitative estimate of drug-likeness (QED) is 0.153. The topological polar surface area (TPSA) is 104 Å². The maximum absolute atomic E-state index is 10.3. The molecule has 0 aliphatic rings. The van der Waals surface area contributed by atoms with Crippen molar-refractivity contribution < 1.29 is 58.4 Å². The van der Waals surface area contributed by atoms with Crippen LogP contribution in [-0.4, -0.2) is 134 Å². The van der Waals surface area contributed by atoms with Crippen LogP contribution >= 0.6 is 0 Å². The normalized spacial score (nSPS) is 15.2. The van der Waals surface area contributed by atoms with Crippen LogP contribution in [0.15, 0.2) is 0 Å².